The van der Waals surface area contributed by atoms with Gasteiger partial charge < -0.3 is 14.2 Å². The third-order valence-corrected chi connectivity index (χ3v) is 5.37. The van der Waals surface area contributed by atoms with Crippen LogP contribution in [0, 0.1) is 13.7 Å². The Balaban J connectivity index is 1.70. The fraction of sp³-hybridized carbons (Fsp3) is 0.167. The van der Waals surface area contributed by atoms with E-state index in [1.54, 1.807) is 42.5 Å². The standard InChI is InChI=1S/C24H22IN3O6/c1-3-33-22-12-17(14-26-27-24(29)18-5-4-6-20(13-18)32-2)11-21(25)23(22)34-15-16-7-9-19(10-8-16)28(30)31/h4-14H,3,15H2,1-2H3,(H,27,29)/b26-14-. The van der Waals surface area contributed by atoms with E-state index >= 15 is 0 Å². The lowest BCUT2D eigenvalue weighted by atomic mass is 10.2. The summed E-state index contributed by atoms with van der Waals surface area (Å²) in [6.07, 6.45) is 1.52. The van der Waals surface area contributed by atoms with Gasteiger partial charge in [0.2, 0.25) is 0 Å². The van der Waals surface area contributed by atoms with Crippen molar-refractivity contribution in [3.05, 3.63) is 91.0 Å². The molecule has 0 heterocycles. The maximum absolute atomic E-state index is 12.3. The summed E-state index contributed by atoms with van der Waals surface area (Å²) in [5.74, 6) is 1.30. The maximum Gasteiger partial charge on any atom is 0.271 e. The molecule has 9 nitrogen and oxygen atoms in total. The number of hydrogen-bond acceptors (Lipinski definition) is 7. The molecule has 0 saturated carbocycles. The smallest absolute Gasteiger partial charge is 0.271 e. The first-order chi connectivity index (χ1) is 16.4. The highest BCUT2D eigenvalue weighted by Crippen LogP contribution is 2.34. The van der Waals surface area contributed by atoms with Crippen LogP contribution < -0.4 is 19.6 Å². The first-order valence-electron chi connectivity index (χ1n) is 10.2. The molecule has 1 amide bonds. The lowest BCUT2D eigenvalue weighted by molar-refractivity contribution is -0.384. The van der Waals surface area contributed by atoms with E-state index < -0.39 is 4.92 Å². The minimum absolute atomic E-state index is 0.0236. The first kappa shape index (κ1) is 25.0. The van der Waals surface area contributed by atoms with Crippen LogP contribution in [0.4, 0.5) is 5.69 Å². The Morgan fingerprint density at radius 3 is 2.59 bits per heavy atom. The van der Waals surface area contributed by atoms with E-state index in [1.165, 1.54) is 25.5 Å². The summed E-state index contributed by atoms with van der Waals surface area (Å²) in [6.45, 7) is 2.51. The quantitative estimate of drug-likeness (QED) is 0.159. The Morgan fingerprint density at radius 2 is 1.91 bits per heavy atom. The lowest BCUT2D eigenvalue weighted by Crippen LogP contribution is -2.17. The van der Waals surface area contributed by atoms with E-state index in [0.29, 0.717) is 35.0 Å². The van der Waals surface area contributed by atoms with Crippen molar-refractivity contribution in [3.63, 3.8) is 0 Å². The number of rotatable bonds is 10. The van der Waals surface area contributed by atoms with Crippen LogP contribution in [0.5, 0.6) is 17.2 Å². The lowest BCUT2D eigenvalue weighted by Gasteiger charge is -2.14. The highest BCUT2D eigenvalue weighted by atomic mass is 127. The molecule has 10 heteroatoms. The van der Waals surface area contributed by atoms with Gasteiger partial charge in [0.1, 0.15) is 12.4 Å². The van der Waals surface area contributed by atoms with Crippen LogP contribution in [0.25, 0.3) is 0 Å². The van der Waals surface area contributed by atoms with Crippen LogP contribution in [0.1, 0.15) is 28.4 Å². The second-order valence-corrected chi connectivity index (χ2v) is 8.07. The van der Waals surface area contributed by atoms with E-state index in [2.05, 4.69) is 33.1 Å². The molecule has 0 radical (unpaired) electrons. The van der Waals surface area contributed by atoms with Crippen LogP contribution in [0.15, 0.2) is 65.8 Å². The number of carbonyl (C=O) groups is 1. The number of amides is 1. The Morgan fingerprint density at radius 1 is 1.15 bits per heavy atom. The molecule has 34 heavy (non-hydrogen) atoms. The van der Waals surface area contributed by atoms with Crippen LogP contribution in [0.3, 0.4) is 0 Å². The molecule has 0 aliphatic heterocycles. The van der Waals surface area contributed by atoms with Crippen molar-refractivity contribution >= 4 is 40.4 Å². The minimum atomic E-state index is -0.444. The predicted octanol–water partition coefficient (Wildman–Crippen LogP) is 4.95. The van der Waals surface area contributed by atoms with Crippen molar-refractivity contribution in [1.29, 1.82) is 0 Å². The van der Waals surface area contributed by atoms with Crippen molar-refractivity contribution in [2.75, 3.05) is 13.7 Å². The zero-order chi connectivity index (χ0) is 24.5. The number of carbonyl (C=O) groups excluding carboxylic acids is 1. The molecule has 0 saturated heterocycles. The Kier molecular flexibility index (Phi) is 8.79. The average molecular weight is 575 g/mol. The molecule has 3 aromatic carbocycles. The molecule has 0 spiro atoms. The number of ether oxygens (including phenoxy) is 3. The normalized spacial score (nSPS) is 10.7. The number of non-ortho nitro benzene ring substituents is 1. The van der Waals surface area contributed by atoms with Gasteiger partial charge in [-0.25, -0.2) is 5.43 Å². The topological polar surface area (TPSA) is 112 Å². The van der Waals surface area contributed by atoms with Crippen molar-refractivity contribution < 1.29 is 23.9 Å². The number of hydrazone groups is 1. The molecule has 0 aliphatic carbocycles. The van der Waals surface area contributed by atoms with Crippen molar-refractivity contribution in [2.45, 2.75) is 13.5 Å². The molecule has 0 atom stereocenters. The van der Waals surface area contributed by atoms with Crippen molar-refractivity contribution in [2.24, 2.45) is 5.10 Å². The predicted molar refractivity (Wildman–Crippen MR) is 136 cm³/mol. The molecule has 3 rings (SSSR count). The fourth-order valence-corrected chi connectivity index (χ4v) is 3.71. The van der Waals surface area contributed by atoms with Crippen molar-refractivity contribution in [1.82, 2.24) is 5.43 Å². The van der Waals surface area contributed by atoms with Crippen LogP contribution >= 0.6 is 22.6 Å². The van der Waals surface area contributed by atoms with Crippen molar-refractivity contribution in [3.8, 4) is 17.2 Å². The number of benzene rings is 3. The highest BCUT2D eigenvalue weighted by molar-refractivity contribution is 14.1. The minimum Gasteiger partial charge on any atom is -0.497 e. The molecule has 0 aliphatic rings. The Bertz CT molecular complexity index is 1200. The zero-order valence-electron chi connectivity index (χ0n) is 18.5. The summed E-state index contributed by atoms with van der Waals surface area (Å²) in [5.41, 5.74) is 4.44. The SMILES string of the molecule is CCOc1cc(/C=N\NC(=O)c2cccc(OC)c2)cc(I)c1OCc1ccc([N+](=O)[O-])cc1. The molecule has 3 aromatic rings. The summed E-state index contributed by atoms with van der Waals surface area (Å²) < 4.78 is 17.6. The molecule has 176 valence electrons. The molecular formula is C24H22IN3O6. The highest BCUT2D eigenvalue weighted by Gasteiger charge is 2.13. The average Bonchev–Trinajstić information content (AvgIpc) is 2.84. The summed E-state index contributed by atoms with van der Waals surface area (Å²) in [4.78, 5) is 22.7. The Labute approximate surface area is 210 Å². The fourth-order valence-electron chi connectivity index (χ4n) is 2.93. The van der Waals surface area contributed by atoms with E-state index in [9.17, 15) is 14.9 Å². The van der Waals surface area contributed by atoms with Crippen LogP contribution in [0.2, 0.25) is 0 Å². The van der Waals surface area contributed by atoms with Gasteiger partial charge >= 0.3 is 0 Å². The van der Waals surface area contributed by atoms with Crippen LogP contribution in [-0.2, 0) is 6.61 Å². The summed E-state index contributed by atoms with van der Waals surface area (Å²) in [7, 11) is 1.53. The van der Waals surface area contributed by atoms with Gasteiger partial charge in [0.05, 0.1) is 28.4 Å². The number of hydrogen-bond donors (Lipinski definition) is 1. The van der Waals surface area contributed by atoms with Gasteiger partial charge in [0.15, 0.2) is 11.5 Å². The zero-order valence-corrected chi connectivity index (χ0v) is 20.6. The second kappa shape index (κ2) is 12.0. The van der Waals surface area contributed by atoms with Gasteiger partial charge in [-0.3, -0.25) is 14.9 Å². The second-order valence-electron chi connectivity index (χ2n) is 6.91. The number of halogens is 1. The van der Waals surface area contributed by atoms with Gasteiger partial charge in [-0.05, 0) is 83.1 Å². The number of nitro benzene ring substituents is 1. The largest absolute Gasteiger partial charge is 0.497 e. The first-order valence-corrected chi connectivity index (χ1v) is 11.3. The summed E-state index contributed by atoms with van der Waals surface area (Å²) in [5, 5.41) is 14.9. The molecule has 0 unspecified atom stereocenters. The van der Waals surface area contributed by atoms with E-state index in [0.717, 1.165) is 9.13 Å². The molecule has 1 N–H and O–H groups in total. The van der Waals surface area contributed by atoms with E-state index in [1.807, 2.05) is 13.0 Å². The molecule has 0 aromatic heterocycles. The Hall–Kier alpha value is -3.67. The number of nitrogens with zero attached hydrogens (tertiary/aromatic N) is 2. The van der Waals surface area contributed by atoms with Gasteiger partial charge in [0.25, 0.3) is 11.6 Å². The monoisotopic (exact) mass is 575 g/mol. The van der Waals surface area contributed by atoms with Crippen LogP contribution in [-0.4, -0.2) is 30.8 Å². The third kappa shape index (κ3) is 6.67. The van der Waals surface area contributed by atoms with E-state index in [4.69, 9.17) is 14.2 Å². The van der Waals surface area contributed by atoms with E-state index in [-0.39, 0.29) is 18.2 Å². The number of nitro groups is 1. The maximum atomic E-state index is 12.3. The number of methoxy groups -OCH3 is 1. The number of nitrogens with one attached hydrogen (secondary N) is 1. The van der Waals surface area contributed by atoms with Gasteiger partial charge in [-0.2, -0.15) is 5.10 Å². The summed E-state index contributed by atoms with van der Waals surface area (Å²) in [6, 6.07) is 16.5. The third-order valence-electron chi connectivity index (χ3n) is 4.57. The molecular weight excluding hydrogens is 553 g/mol. The molecule has 0 fully saturated rings. The summed E-state index contributed by atoms with van der Waals surface area (Å²) >= 11 is 2.13. The van der Waals surface area contributed by atoms with Gasteiger partial charge in [-0.15, -0.1) is 0 Å². The van der Waals surface area contributed by atoms with Gasteiger partial charge in [-0.1, -0.05) is 6.07 Å². The van der Waals surface area contributed by atoms with Gasteiger partial charge in [0, 0.05) is 17.7 Å². The molecule has 0 bridgehead atoms.